The molecule has 0 aliphatic carbocycles. The molecule has 0 unspecified atom stereocenters. The first kappa shape index (κ1) is 22.2. The molecule has 1 fully saturated rings. The van der Waals surface area contributed by atoms with Gasteiger partial charge in [0.15, 0.2) is 0 Å². The van der Waals surface area contributed by atoms with E-state index in [4.69, 9.17) is 16.6 Å². The zero-order chi connectivity index (χ0) is 22.7. The predicted octanol–water partition coefficient (Wildman–Crippen LogP) is 4.69. The maximum atomic E-state index is 14.4. The van der Waals surface area contributed by atoms with E-state index in [1.165, 1.54) is 6.07 Å². The molecular formula is C25H26ClFN4O. The second-order valence-corrected chi connectivity index (χ2v) is 8.31. The number of aromatic nitrogens is 2. The Bertz CT molecular complexity index is 1130. The van der Waals surface area contributed by atoms with E-state index >= 15 is 0 Å². The van der Waals surface area contributed by atoms with Gasteiger partial charge >= 0.3 is 0 Å². The molecule has 1 aromatic heterocycles. The van der Waals surface area contributed by atoms with Crippen molar-refractivity contribution in [1.29, 1.82) is 0 Å². The summed E-state index contributed by atoms with van der Waals surface area (Å²) in [6.07, 6.45) is 1.18. The van der Waals surface area contributed by atoms with Crippen molar-refractivity contribution in [3.05, 3.63) is 87.6 Å². The van der Waals surface area contributed by atoms with E-state index in [0.29, 0.717) is 54.6 Å². The molecule has 0 radical (unpaired) electrons. The maximum Gasteiger partial charge on any atom is 0.255 e. The zero-order valence-corrected chi connectivity index (χ0v) is 19.1. The zero-order valence-electron chi connectivity index (χ0n) is 18.3. The molecule has 166 valence electrons. The number of piperazine rings is 1. The van der Waals surface area contributed by atoms with E-state index in [9.17, 15) is 9.18 Å². The largest absolute Gasteiger partial charge is 0.353 e. The van der Waals surface area contributed by atoms with Crippen LogP contribution in [0.25, 0.3) is 0 Å². The van der Waals surface area contributed by atoms with Crippen LogP contribution in [-0.4, -0.2) is 47.0 Å². The van der Waals surface area contributed by atoms with Gasteiger partial charge in [-0.15, -0.1) is 0 Å². The molecule has 7 heteroatoms. The lowest BCUT2D eigenvalue weighted by Gasteiger charge is -2.36. The summed E-state index contributed by atoms with van der Waals surface area (Å²) in [5.74, 6) is 1.25. The van der Waals surface area contributed by atoms with Crippen molar-refractivity contribution in [2.24, 2.45) is 0 Å². The van der Waals surface area contributed by atoms with Gasteiger partial charge in [-0.3, -0.25) is 4.79 Å². The highest BCUT2D eigenvalue weighted by molar-refractivity contribution is 6.33. The average Bonchev–Trinajstić information content (AvgIpc) is 2.81. The fraction of sp³-hybridized carbons (Fsp3) is 0.320. The van der Waals surface area contributed by atoms with Gasteiger partial charge in [0.25, 0.3) is 5.91 Å². The van der Waals surface area contributed by atoms with Crippen LogP contribution in [0.5, 0.6) is 0 Å². The Morgan fingerprint density at radius 3 is 2.41 bits per heavy atom. The van der Waals surface area contributed by atoms with Crippen LogP contribution in [0.3, 0.4) is 0 Å². The molecule has 0 spiro atoms. The molecule has 2 aromatic carbocycles. The molecular weight excluding hydrogens is 427 g/mol. The number of aryl methyl sites for hydroxylation is 2. The predicted molar refractivity (Wildman–Crippen MR) is 125 cm³/mol. The number of carbonyl (C=O) groups excluding carboxylic acids is 1. The number of nitrogens with zero attached hydrogens (tertiary/aromatic N) is 4. The third-order valence-electron chi connectivity index (χ3n) is 5.81. The minimum atomic E-state index is -0.226. The summed E-state index contributed by atoms with van der Waals surface area (Å²) < 4.78 is 14.4. The molecule has 0 N–H and O–H groups in total. The van der Waals surface area contributed by atoms with E-state index < -0.39 is 0 Å². The van der Waals surface area contributed by atoms with Crippen molar-refractivity contribution in [3.63, 3.8) is 0 Å². The molecule has 32 heavy (non-hydrogen) atoms. The normalized spacial score (nSPS) is 14.0. The van der Waals surface area contributed by atoms with Crippen LogP contribution < -0.4 is 4.90 Å². The van der Waals surface area contributed by atoms with Crippen molar-refractivity contribution in [2.45, 2.75) is 26.7 Å². The Morgan fingerprint density at radius 1 is 1.03 bits per heavy atom. The van der Waals surface area contributed by atoms with Crippen LogP contribution >= 0.6 is 11.6 Å². The first-order chi connectivity index (χ1) is 15.5. The van der Waals surface area contributed by atoms with Gasteiger partial charge in [0.2, 0.25) is 0 Å². The van der Waals surface area contributed by atoms with Gasteiger partial charge in [-0.1, -0.05) is 48.9 Å². The Hall–Kier alpha value is -2.99. The molecule has 2 heterocycles. The van der Waals surface area contributed by atoms with Crippen molar-refractivity contribution < 1.29 is 9.18 Å². The van der Waals surface area contributed by atoms with E-state index in [0.717, 1.165) is 23.5 Å². The van der Waals surface area contributed by atoms with Crippen LogP contribution in [0.2, 0.25) is 5.02 Å². The molecule has 0 bridgehead atoms. The molecule has 3 aromatic rings. The molecule has 4 rings (SSSR count). The van der Waals surface area contributed by atoms with Crippen molar-refractivity contribution in [3.8, 4) is 0 Å². The number of halogens is 2. The highest BCUT2D eigenvalue weighted by Gasteiger charge is 2.26. The topological polar surface area (TPSA) is 49.3 Å². The third kappa shape index (κ3) is 4.60. The summed E-state index contributed by atoms with van der Waals surface area (Å²) in [4.78, 5) is 26.3. The molecule has 1 saturated heterocycles. The minimum absolute atomic E-state index is 0.0602. The first-order valence-corrected chi connectivity index (χ1v) is 11.2. The summed E-state index contributed by atoms with van der Waals surface area (Å²) in [6, 6.07) is 13.9. The fourth-order valence-corrected chi connectivity index (χ4v) is 4.35. The summed E-state index contributed by atoms with van der Waals surface area (Å²) >= 11 is 6.22. The van der Waals surface area contributed by atoms with Gasteiger partial charge in [0.1, 0.15) is 17.5 Å². The van der Waals surface area contributed by atoms with Crippen LogP contribution in [0.4, 0.5) is 10.2 Å². The number of hydrogen-bond donors (Lipinski definition) is 0. The Labute approximate surface area is 192 Å². The summed E-state index contributed by atoms with van der Waals surface area (Å²) in [5, 5.41) is 0.464. The van der Waals surface area contributed by atoms with Crippen molar-refractivity contribution in [2.75, 3.05) is 31.1 Å². The molecule has 1 aliphatic rings. The quantitative estimate of drug-likeness (QED) is 0.563. The lowest BCUT2D eigenvalue weighted by molar-refractivity contribution is 0.0746. The third-order valence-corrected chi connectivity index (χ3v) is 6.14. The molecule has 0 saturated carbocycles. The summed E-state index contributed by atoms with van der Waals surface area (Å²) in [7, 11) is 0. The highest BCUT2D eigenvalue weighted by atomic mass is 35.5. The average molecular weight is 453 g/mol. The maximum absolute atomic E-state index is 14.4. The Morgan fingerprint density at radius 2 is 1.72 bits per heavy atom. The lowest BCUT2D eigenvalue weighted by Crippen LogP contribution is -2.49. The van der Waals surface area contributed by atoms with E-state index in [2.05, 4.69) is 16.8 Å². The molecule has 0 atom stereocenters. The molecule has 5 nitrogen and oxygen atoms in total. The lowest BCUT2D eigenvalue weighted by atomic mass is 10.0. The molecule has 1 aliphatic heterocycles. The van der Waals surface area contributed by atoms with Gasteiger partial charge in [-0.25, -0.2) is 14.4 Å². The van der Waals surface area contributed by atoms with E-state index in [1.807, 2.05) is 30.0 Å². The number of rotatable bonds is 5. The van der Waals surface area contributed by atoms with Crippen LogP contribution in [-0.2, 0) is 12.8 Å². The summed E-state index contributed by atoms with van der Waals surface area (Å²) in [6.45, 7) is 6.34. The van der Waals surface area contributed by atoms with Gasteiger partial charge in [0.05, 0.1) is 10.6 Å². The molecule has 1 amide bonds. The number of amides is 1. The fourth-order valence-electron chi connectivity index (χ4n) is 4.13. The van der Waals surface area contributed by atoms with Gasteiger partial charge in [-0.2, -0.15) is 0 Å². The smallest absolute Gasteiger partial charge is 0.255 e. The first-order valence-electron chi connectivity index (χ1n) is 10.9. The van der Waals surface area contributed by atoms with Gasteiger partial charge in [-0.05, 0) is 37.1 Å². The van der Waals surface area contributed by atoms with E-state index in [-0.39, 0.29) is 11.7 Å². The van der Waals surface area contributed by atoms with Gasteiger partial charge < -0.3 is 9.80 Å². The minimum Gasteiger partial charge on any atom is -0.353 e. The number of benzene rings is 2. The Balaban J connectivity index is 1.58. The van der Waals surface area contributed by atoms with Crippen molar-refractivity contribution >= 4 is 23.3 Å². The summed E-state index contributed by atoms with van der Waals surface area (Å²) in [5.41, 5.74) is 3.04. The monoisotopic (exact) mass is 452 g/mol. The Kier molecular flexibility index (Phi) is 6.70. The van der Waals surface area contributed by atoms with Gasteiger partial charge in [0, 0.05) is 43.9 Å². The standard InChI is InChI=1S/C25H26ClFN4O/c1-3-23-20(16-18-8-4-7-11-22(18)27)24(29-17(2)28-23)30-12-14-31(15-13-30)25(32)19-9-5-6-10-21(19)26/h4-11H,3,12-16H2,1-2H3. The van der Waals surface area contributed by atoms with Crippen LogP contribution in [0, 0.1) is 12.7 Å². The highest BCUT2D eigenvalue weighted by Crippen LogP contribution is 2.27. The number of carbonyl (C=O) groups is 1. The second-order valence-electron chi connectivity index (χ2n) is 7.90. The van der Waals surface area contributed by atoms with Crippen LogP contribution in [0.15, 0.2) is 48.5 Å². The van der Waals surface area contributed by atoms with Crippen molar-refractivity contribution in [1.82, 2.24) is 14.9 Å². The van der Waals surface area contributed by atoms with Crippen LogP contribution in [0.1, 0.15) is 39.9 Å². The number of anilines is 1. The SMILES string of the molecule is CCc1nc(C)nc(N2CCN(C(=O)c3ccccc3Cl)CC2)c1Cc1ccccc1F. The number of hydrogen-bond acceptors (Lipinski definition) is 4. The van der Waals surface area contributed by atoms with E-state index in [1.54, 1.807) is 24.3 Å². The second kappa shape index (κ2) is 9.65.